The van der Waals surface area contributed by atoms with Crippen LogP contribution < -0.4 is 18.6 Å². The zero-order chi connectivity index (χ0) is 7.70. The van der Waals surface area contributed by atoms with Gasteiger partial charge in [-0.25, -0.2) is 0 Å². The van der Waals surface area contributed by atoms with Gasteiger partial charge in [0.05, 0.1) is 6.54 Å². The molecule has 0 aromatic carbocycles. The van der Waals surface area contributed by atoms with E-state index in [0.29, 0.717) is 13.3 Å². The second kappa shape index (κ2) is 12.3. The summed E-state index contributed by atoms with van der Waals surface area (Å²) in [5.41, 5.74) is 0. The molecule has 0 saturated heterocycles. The number of halogens is 3. The van der Waals surface area contributed by atoms with Crippen molar-refractivity contribution in [3.05, 3.63) is 0 Å². The van der Waals surface area contributed by atoms with Crippen molar-refractivity contribution in [3.63, 3.8) is 0 Å². The summed E-state index contributed by atoms with van der Waals surface area (Å²) in [5.74, 6) is -0.822. The van der Waals surface area contributed by atoms with Gasteiger partial charge in [0.25, 0.3) is 0 Å². The van der Waals surface area contributed by atoms with Gasteiger partial charge in [-0.3, -0.25) is 4.79 Å². The minimum atomic E-state index is -0.822. The summed E-state index contributed by atoms with van der Waals surface area (Å²) in [6.07, 6.45) is 0. The molecule has 0 aliphatic heterocycles. The molecule has 0 heterocycles. The number of carboxylic acid groups (broad SMARTS) is 1. The van der Waals surface area contributed by atoms with Crippen LogP contribution in [0.1, 0.15) is 0 Å². The fourth-order valence-electron chi connectivity index (χ4n) is 0.151. The molecule has 0 aromatic rings. The summed E-state index contributed by atoms with van der Waals surface area (Å²) >= 11 is 5.30. The van der Waals surface area contributed by atoms with E-state index in [-0.39, 0.29) is 6.54 Å². The number of hydrogen-bond donors (Lipinski definition) is 2. The second-order valence-electron chi connectivity index (χ2n) is 0.978. The Hall–Kier alpha value is 1.62. The molecule has 2 N–H and O–H groups in total. The predicted molar refractivity (Wildman–Crippen MR) is 49.6 cm³/mol. The molecule has 0 bridgehead atoms. The van der Waals surface area contributed by atoms with Crippen LogP contribution in [0.2, 0.25) is 0 Å². The third-order valence-electron chi connectivity index (χ3n) is 0.328. The van der Waals surface area contributed by atoms with Crippen LogP contribution in [-0.4, -0.2) is 24.7 Å². The first kappa shape index (κ1) is 13.2. The van der Waals surface area contributed by atoms with E-state index >= 15 is 0 Å². The van der Waals surface area contributed by atoms with Crippen molar-refractivity contribution in [3.8, 4) is 0 Å². The zero-order valence-corrected chi connectivity index (χ0v) is 11.2. The van der Waals surface area contributed by atoms with Gasteiger partial charge in [-0.2, -0.15) is 0 Å². The van der Waals surface area contributed by atoms with Crippen molar-refractivity contribution >= 4 is 43.2 Å². The molecule has 0 amide bonds. The van der Waals surface area contributed by atoms with Crippen molar-refractivity contribution in [2.24, 2.45) is 0 Å². The number of likely N-dealkylation sites (N-methyl/N-ethyl adjacent to an activating group) is 1. The fourth-order valence-corrected chi connectivity index (χ4v) is 0.151. The van der Waals surface area contributed by atoms with Crippen LogP contribution in [0.3, 0.4) is 0 Å². The van der Waals surface area contributed by atoms with E-state index < -0.39 is 5.97 Å². The second-order valence-corrected chi connectivity index (χ2v) is 17.2. The number of aliphatic carboxylic acids is 1. The molecular formula is C3H7I3NO2-. The van der Waals surface area contributed by atoms with Crippen LogP contribution in [0.15, 0.2) is 0 Å². The van der Waals surface area contributed by atoms with Crippen molar-refractivity contribution in [2.45, 2.75) is 0 Å². The Labute approximate surface area is 84.0 Å². The number of hydrogen-bond acceptors (Lipinski definition) is 2. The third-order valence-corrected chi connectivity index (χ3v) is 0.328. The first-order valence-electron chi connectivity index (χ1n) is 1.92. The molecule has 0 fully saturated rings. The maximum absolute atomic E-state index is 9.54. The van der Waals surface area contributed by atoms with E-state index in [0.717, 1.165) is 0 Å². The van der Waals surface area contributed by atoms with Crippen molar-refractivity contribution in [1.82, 2.24) is 5.32 Å². The molecule has 58 valence electrons. The molecule has 0 aliphatic carbocycles. The number of nitrogens with one attached hydrogen (secondary N) is 1. The van der Waals surface area contributed by atoms with E-state index in [9.17, 15) is 4.79 Å². The average molecular weight is 470 g/mol. The van der Waals surface area contributed by atoms with Crippen LogP contribution in [0.4, 0.5) is 0 Å². The summed E-state index contributed by atoms with van der Waals surface area (Å²) in [4.78, 5) is 9.54. The van der Waals surface area contributed by atoms with Crippen LogP contribution >= 0.6 is 37.2 Å². The summed E-state index contributed by atoms with van der Waals surface area (Å²) in [6, 6.07) is 0. The Morgan fingerprint density at radius 2 is 2.11 bits per heavy atom. The first-order valence-corrected chi connectivity index (χ1v) is 14.5. The van der Waals surface area contributed by atoms with Crippen LogP contribution in [0.25, 0.3) is 0 Å². The molecule has 0 aromatic heterocycles. The summed E-state index contributed by atoms with van der Waals surface area (Å²) in [6.45, 7) is 0.0417. The molecule has 3 nitrogen and oxygen atoms in total. The fraction of sp³-hybridized carbons (Fsp3) is 0.667. The summed E-state index contributed by atoms with van der Waals surface area (Å²) in [7, 11) is 1.59. The van der Waals surface area contributed by atoms with E-state index in [1.54, 1.807) is 7.05 Å². The van der Waals surface area contributed by atoms with Crippen LogP contribution in [-0.2, 0) is 4.79 Å². The van der Waals surface area contributed by atoms with Gasteiger partial charge in [0.1, 0.15) is 0 Å². The van der Waals surface area contributed by atoms with Crippen LogP contribution in [0, 0.1) is 0 Å². The van der Waals surface area contributed by atoms with E-state index in [1.165, 1.54) is 0 Å². The topological polar surface area (TPSA) is 49.3 Å². The van der Waals surface area contributed by atoms with Gasteiger partial charge < -0.3 is 10.4 Å². The molecule has 0 aliphatic rings. The number of carboxylic acids is 1. The standard InChI is InChI=1S/C3H7NO2.I3/c1-4-2-3(5)6;1-3-2/h4H,2H2,1H3,(H,5,6);/q;-1. The Kier molecular flexibility index (Phi) is 18.1. The van der Waals surface area contributed by atoms with Gasteiger partial charge in [-0.05, 0) is 7.05 Å². The van der Waals surface area contributed by atoms with Crippen molar-refractivity contribution < 1.29 is 23.2 Å². The molecule has 0 radical (unpaired) electrons. The average Bonchev–Trinajstić information content (AvgIpc) is 1.67. The Morgan fingerprint density at radius 3 is 2.11 bits per heavy atom. The molecule has 0 spiro atoms. The van der Waals surface area contributed by atoms with Gasteiger partial charge in [0.15, 0.2) is 0 Å². The van der Waals surface area contributed by atoms with Gasteiger partial charge in [0.2, 0.25) is 0 Å². The Bertz CT molecular complexity index is 70.1. The first-order chi connectivity index (χ1) is 4.18. The van der Waals surface area contributed by atoms with Gasteiger partial charge >= 0.3 is 56.5 Å². The minimum absolute atomic E-state index is 0.0417. The van der Waals surface area contributed by atoms with Gasteiger partial charge in [-0.15, -0.1) is 0 Å². The molecule has 0 unspecified atom stereocenters. The Morgan fingerprint density at radius 1 is 1.78 bits per heavy atom. The maximum atomic E-state index is 9.54. The summed E-state index contributed by atoms with van der Waals surface area (Å²) < 4.78 is 0. The quantitative estimate of drug-likeness (QED) is 0.463. The van der Waals surface area contributed by atoms with Crippen LogP contribution in [0.5, 0.6) is 0 Å². The van der Waals surface area contributed by atoms with Crippen molar-refractivity contribution in [2.75, 3.05) is 13.6 Å². The molecule has 9 heavy (non-hydrogen) atoms. The SMILES string of the molecule is CNCC(=O)O.I[I-]I. The normalized spacial score (nSPS) is 7.89. The molecular weight excluding hydrogens is 463 g/mol. The van der Waals surface area contributed by atoms with Gasteiger partial charge in [-0.1, -0.05) is 0 Å². The van der Waals surface area contributed by atoms with Crippen molar-refractivity contribution in [1.29, 1.82) is 0 Å². The Balaban J connectivity index is 0. The number of rotatable bonds is 2. The molecule has 0 saturated carbocycles. The summed E-state index contributed by atoms with van der Waals surface area (Å²) in [5, 5.41) is 10.3. The van der Waals surface area contributed by atoms with E-state index in [2.05, 4.69) is 42.5 Å². The number of carbonyl (C=O) groups is 1. The molecule has 0 rings (SSSR count). The molecule has 6 heteroatoms. The predicted octanol–water partition coefficient (Wildman–Crippen LogP) is -1.93. The van der Waals surface area contributed by atoms with Gasteiger partial charge in [0, 0.05) is 0 Å². The zero-order valence-electron chi connectivity index (χ0n) is 4.70. The third kappa shape index (κ3) is 26.2. The van der Waals surface area contributed by atoms with E-state index in [4.69, 9.17) is 5.11 Å². The van der Waals surface area contributed by atoms with E-state index in [1.807, 2.05) is 0 Å². The monoisotopic (exact) mass is 470 g/mol. The molecule has 0 atom stereocenters.